The first-order valence-corrected chi connectivity index (χ1v) is 9.29. The number of aryl methyl sites for hydroxylation is 1. The number of esters is 1. The minimum atomic E-state index is -0.725. The molecule has 0 aliphatic carbocycles. The van der Waals surface area contributed by atoms with E-state index in [4.69, 9.17) is 18.9 Å². The lowest BCUT2D eigenvalue weighted by molar-refractivity contribution is -0.162. The molecule has 0 aromatic heterocycles. The SMILES string of the molecule is Cc1ccc(OCCN(C)C(=O)COC(=O)C(C)OCC2CCCO2)cc1. The molecule has 1 saturated heterocycles. The molecule has 1 amide bonds. The monoisotopic (exact) mass is 379 g/mol. The predicted octanol–water partition coefficient (Wildman–Crippen LogP) is 1.96. The number of benzene rings is 1. The van der Waals surface area contributed by atoms with Crippen molar-refractivity contribution >= 4 is 11.9 Å². The van der Waals surface area contributed by atoms with E-state index in [9.17, 15) is 9.59 Å². The van der Waals surface area contributed by atoms with Gasteiger partial charge in [-0.25, -0.2) is 4.79 Å². The van der Waals surface area contributed by atoms with E-state index in [-0.39, 0.29) is 18.6 Å². The van der Waals surface area contributed by atoms with Gasteiger partial charge in [0.1, 0.15) is 12.4 Å². The summed E-state index contributed by atoms with van der Waals surface area (Å²) in [7, 11) is 1.64. The summed E-state index contributed by atoms with van der Waals surface area (Å²) in [6.45, 7) is 5.16. The molecule has 1 aromatic rings. The molecule has 27 heavy (non-hydrogen) atoms. The Morgan fingerprint density at radius 3 is 2.70 bits per heavy atom. The summed E-state index contributed by atoms with van der Waals surface area (Å²) in [5.41, 5.74) is 1.16. The van der Waals surface area contributed by atoms with Gasteiger partial charge in [-0.3, -0.25) is 4.79 Å². The van der Waals surface area contributed by atoms with Crippen LogP contribution in [0.4, 0.5) is 0 Å². The lowest BCUT2D eigenvalue weighted by atomic mass is 10.2. The Morgan fingerprint density at radius 2 is 2.04 bits per heavy atom. The highest BCUT2D eigenvalue weighted by atomic mass is 16.6. The maximum Gasteiger partial charge on any atom is 0.335 e. The van der Waals surface area contributed by atoms with Crippen LogP contribution >= 0.6 is 0 Å². The van der Waals surface area contributed by atoms with Gasteiger partial charge in [-0.2, -0.15) is 0 Å². The maximum atomic E-state index is 12.1. The van der Waals surface area contributed by atoms with E-state index in [1.165, 1.54) is 4.90 Å². The van der Waals surface area contributed by atoms with E-state index >= 15 is 0 Å². The zero-order valence-electron chi connectivity index (χ0n) is 16.3. The van der Waals surface area contributed by atoms with E-state index in [0.717, 1.165) is 30.8 Å². The van der Waals surface area contributed by atoms with Crippen LogP contribution in [0, 0.1) is 6.92 Å². The summed E-state index contributed by atoms with van der Waals surface area (Å²) in [4.78, 5) is 25.4. The van der Waals surface area contributed by atoms with Gasteiger partial charge in [0.25, 0.3) is 5.91 Å². The minimum absolute atomic E-state index is 0.0431. The third-order valence-corrected chi connectivity index (χ3v) is 4.37. The average molecular weight is 379 g/mol. The number of hydrogen-bond donors (Lipinski definition) is 0. The highest BCUT2D eigenvalue weighted by Crippen LogP contribution is 2.13. The van der Waals surface area contributed by atoms with Gasteiger partial charge in [0.2, 0.25) is 0 Å². The number of carbonyl (C=O) groups excluding carboxylic acids is 2. The first-order valence-electron chi connectivity index (χ1n) is 9.29. The fourth-order valence-corrected chi connectivity index (χ4v) is 2.52. The van der Waals surface area contributed by atoms with Gasteiger partial charge < -0.3 is 23.8 Å². The van der Waals surface area contributed by atoms with Gasteiger partial charge in [-0.05, 0) is 38.8 Å². The molecular formula is C20H29NO6. The number of likely N-dealkylation sites (N-methyl/N-ethyl adjacent to an activating group) is 1. The molecule has 2 unspecified atom stereocenters. The summed E-state index contributed by atoms with van der Waals surface area (Å²) in [6.07, 6.45) is 1.27. The van der Waals surface area contributed by atoms with Crippen LogP contribution in [-0.4, -0.2) is 69.0 Å². The van der Waals surface area contributed by atoms with Crippen molar-refractivity contribution in [3.63, 3.8) is 0 Å². The predicted molar refractivity (Wildman–Crippen MR) is 99.7 cm³/mol. The van der Waals surface area contributed by atoms with E-state index < -0.39 is 12.1 Å². The molecule has 7 heteroatoms. The Hall–Kier alpha value is -2.12. The average Bonchev–Trinajstić information content (AvgIpc) is 3.18. The Balaban J connectivity index is 1.60. The summed E-state index contributed by atoms with van der Waals surface area (Å²) in [5, 5.41) is 0. The summed E-state index contributed by atoms with van der Waals surface area (Å²) < 4.78 is 21.5. The van der Waals surface area contributed by atoms with Crippen LogP contribution in [0.3, 0.4) is 0 Å². The number of ether oxygens (including phenoxy) is 4. The lowest BCUT2D eigenvalue weighted by Gasteiger charge is -2.19. The van der Waals surface area contributed by atoms with Crippen LogP contribution in [0.1, 0.15) is 25.3 Å². The number of rotatable bonds is 10. The molecule has 1 aliphatic heterocycles. The molecule has 1 aliphatic rings. The first kappa shape index (κ1) is 21.2. The molecule has 7 nitrogen and oxygen atoms in total. The van der Waals surface area contributed by atoms with Gasteiger partial charge in [-0.15, -0.1) is 0 Å². The van der Waals surface area contributed by atoms with Crippen LogP contribution < -0.4 is 4.74 Å². The van der Waals surface area contributed by atoms with Crippen molar-refractivity contribution in [2.45, 2.75) is 38.9 Å². The zero-order chi connectivity index (χ0) is 19.6. The number of amides is 1. The third kappa shape index (κ3) is 7.56. The number of carbonyl (C=O) groups is 2. The second kappa shape index (κ2) is 10.9. The van der Waals surface area contributed by atoms with Crippen LogP contribution in [0.25, 0.3) is 0 Å². The smallest absolute Gasteiger partial charge is 0.335 e. The summed E-state index contributed by atoms with van der Waals surface area (Å²) in [6, 6.07) is 7.70. The topological polar surface area (TPSA) is 74.3 Å². The molecule has 150 valence electrons. The second-order valence-electron chi connectivity index (χ2n) is 6.70. The molecule has 0 N–H and O–H groups in total. The van der Waals surface area contributed by atoms with Crippen LogP contribution in [0.2, 0.25) is 0 Å². The normalized spacial score (nSPS) is 17.4. The van der Waals surface area contributed by atoms with Crippen molar-refractivity contribution in [3.05, 3.63) is 29.8 Å². The van der Waals surface area contributed by atoms with Gasteiger partial charge in [-0.1, -0.05) is 17.7 Å². The van der Waals surface area contributed by atoms with Gasteiger partial charge >= 0.3 is 5.97 Å². The molecule has 0 radical (unpaired) electrons. The molecule has 0 bridgehead atoms. The Bertz CT molecular complexity index is 597. The zero-order valence-corrected chi connectivity index (χ0v) is 16.3. The Kier molecular flexibility index (Phi) is 8.54. The molecular weight excluding hydrogens is 350 g/mol. The standard InChI is InChI=1S/C20H29NO6/c1-15-6-8-17(9-7-15)25-12-10-21(3)19(22)14-27-20(23)16(2)26-13-18-5-4-11-24-18/h6-9,16,18H,4-5,10-14H2,1-3H3. The molecule has 2 rings (SSSR count). The fourth-order valence-electron chi connectivity index (χ4n) is 2.52. The highest BCUT2D eigenvalue weighted by molar-refractivity contribution is 5.81. The molecule has 0 saturated carbocycles. The van der Waals surface area contributed by atoms with Gasteiger partial charge in [0.15, 0.2) is 12.7 Å². The maximum absolute atomic E-state index is 12.1. The fraction of sp³-hybridized carbons (Fsp3) is 0.600. The third-order valence-electron chi connectivity index (χ3n) is 4.37. The molecule has 1 fully saturated rings. The molecule has 2 atom stereocenters. The quantitative estimate of drug-likeness (QED) is 0.579. The van der Waals surface area contributed by atoms with E-state index in [1.54, 1.807) is 14.0 Å². The molecule has 0 spiro atoms. The lowest BCUT2D eigenvalue weighted by Crippen LogP contribution is -2.36. The van der Waals surface area contributed by atoms with Crippen molar-refractivity contribution < 1.29 is 28.5 Å². The molecule has 1 aromatic carbocycles. The van der Waals surface area contributed by atoms with Crippen molar-refractivity contribution in [2.24, 2.45) is 0 Å². The summed E-state index contributed by atoms with van der Waals surface area (Å²) in [5.74, 6) is -0.0853. The minimum Gasteiger partial charge on any atom is -0.492 e. The largest absolute Gasteiger partial charge is 0.492 e. The second-order valence-corrected chi connectivity index (χ2v) is 6.70. The van der Waals surface area contributed by atoms with Crippen molar-refractivity contribution in [3.8, 4) is 5.75 Å². The van der Waals surface area contributed by atoms with Crippen molar-refractivity contribution in [2.75, 3.05) is 40.0 Å². The highest BCUT2D eigenvalue weighted by Gasteiger charge is 2.21. The van der Waals surface area contributed by atoms with E-state index in [1.807, 2.05) is 31.2 Å². The Labute approximate surface area is 160 Å². The van der Waals surface area contributed by atoms with Crippen LogP contribution in [0.15, 0.2) is 24.3 Å². The van der Waals surface area contributed by atoms with E-state index in [2.05, 4.69) is 0 Å². The number of hydrogen-bond acceptors (Lipinski definition) is 6. The molecule has 1 heterocycles. The van der Waals surface area contributed by atoms with Gasteiger partial charge in [0.05, 0.1) is 19.3 Å². The van der Waals surface area contributed by atoms with Gasteiger partial charge in [0, 0.05) is 13.7 Å². The van der Waals surface area contributed by atoms with Crippen molar-refractivity contribution in [1.82, 2.24) is 4.90 Å². The Morgan fingerprint density at radius 1 is 1.30 bits per heavy atom. The van der Waals surface area contributed by atoms with E-state index in [0.29, 0.717) is 19.8 Å². The summed E-state index contributed by atoms with van der Waals surface area (Å²) >= 11 is 0. The number of nitrogens with zero attached hydrogens (tertiary/aromatic N) is 1. The van der Waals surface area contributed by atoms with Crippen LogP contribution in [-0.2, 0) is 23.8 Å². The van der Waals surface area contributed by atoms with Crippen molar-refractivity contribution in [1.29, 1.82) is 0 Å². The van der Waals surface area contributed by atoms with Crippen LogP contribution in [0.5, 0.6) is 5.75 Å². The first-order chi connectivity index (χ1) is 13.0.